The van der Waals surface area contributed by atoms with Crippen LogP contribution >= 0.6 is 0 Å². The van der Waals surface area contributed by atoms with Gasteiger partial charge in [-0.3, -0.25) is 10.1 Å². The smallest absolute Gasteiger partial charge is 0.287 e. The zero-order valence-electron chi connectivity index (χ0n) is 10.6. The second-order valence-corrected chi connectivity index (χ2v) is 4.08. The fourth-order valence-corrected chi connectivity index (χ4v) is 1.50. The molecule has 0 saturated heterocycles. The van der Waals surface area contributed by atoms with E-state index in [1.54, 1.807) is 19.1 Å². The molecule has 0 aliphatic carbocycles. The molecule has 1 aromatic carbocycles. The zero-order chi connectivity index (χ0) is 14.3. The fraction of sp³-hybridized carbons (Fsp3) is 0.417. The van der Waals surface area contributed by atoms with Gasteiger partial charge in [-0.25, -0.2) is 0 Å². The van der Waals surface area contributed by atoms with Gasteiger partial charge in [-0.1, -0.05) is 0 Å². The van der Waals surface area contributed by atoms with E-state index in [1.807, 2.05) is 0 Å². The van der Waals surface area contributed by atoms with Crippen LogP contribution in [0.15, 0.2) is 18.2 Å². The van der Waals surface area contributed by atoms with Crippen molar-refractivity contribution in [3.05, 3.63) is 33.9 Å². The minimum absolute atomic E-state index is 0.0342. The number of nitriles is 1. The molecule has 3 N–H and O–H groups in total. The number of nitrogens with one attached hydrogen (secondary N) is 2. The highest BCUT2D eigenvalue weighted by Gasteiger charge is 2.13. The maximum Gasteiger partial charge on any atom is 0.287 e. The Labute approximate surface area is 111 Å². The van der Waals surface area contributed by atoms with Crippen LogP contribution in [0.25, 0.3) is 0 Å². The molecule has 1 aromatic rings. The molecule has 1 unspecified atom stereocenters. The van der Waals surface area contributed by atoms with E-state index in [2.05, 4.69) is 10.6 Å². The molecule has 0 radical (unpaired) electrons. The van der Waals surface area contributed by atoms with Crippen LogP contribution in [0.1, 0.15) is 12.5 Å². The van der Waals surface area contributed by atoms with E-state index in [9.17, 15) is 10.1 Å². The van der Waals surface area contributed by atoms with Crippen LogP contribution in [-0.4, -0.2) is 35.8 Å². The van der Waals surface area contributed by atoms with Crippen LogP contribution in [0, 0.1) is 21.4 Å². The number of nitro groups is 1. The lowest BCUT2D eigenvalue weighted by Crippen LogP contribution is -2.28. The van der Waals surface area contributed by atoms with E-state index in [-0.39, 0.29) is 11.3 Å². The number of nitrogens with zero attached hydrogens (tertiary/aromatic N) is 2. The Morgan fingerprint density at radius 2 is 2.26 bits per heavy atom. The van der Waals surface area contributed by atoms with Crippen molar-refractivity contribution in [3.63, 3.8) is 0 Å². The maximum absolute atomic E-state index is 10.7. The van der Waals surface area contributed by atoms with E-state index < -0.39 is 11.0 Å². The van der Waals surface area contributed by atoms with E-state index in [0.29, 0.717) is 25.3 Å². The van der Waals surface area contributed by atoms with Crippen LogP contribution in [0.5, 0.6) is 0 Å². The first kappa shape index (κ1) is 14.9. The molecule has 0 heterocycles. The van der Waals surface area contributed by atoms with Gasteiger partial charge < -0.3 is 15.7 Å². The molecule has 0 bridgehead atoms. The summed E-state index contributed by atoms with van der Waals surface area (Å²) >= 11 is 0. The molecule has 1 rings (SSSR count). The van der Waals surface area contributed by atoms with Crippen molar-refractivity contribution in [1.29, 1.82) is 5.26 Å². The van der Waals surface area contributed by atoms with Crippen molar-refractivity contribution in [2.45, 2.75) is 13.0 Å². The number of benzene rings is 1. The highest BCUT2D eigenvalue weighted by molar-refractivity contribution is 5.58. The largest absolute Gasteiger partial charge is 0.392 e. The number of rotatable bonds is 7. The van der Waals surface area contributed by atoms with Gasteiger partial charge in [-0.15, -0.1) is 0 Å². The minimum Gasteiger partial charge on any atom is -0.392 e. The SMILES string of the molecule is CC(O)CNCCNc1ccc([N+](=O)[O-])c(C#N)c1. The average molecular weight is 264 g/mol. The molecular weight excluding hydrogens is 248 g/mol. The van der Waals surface area contributed by atoms with Crippen molar-refractivity contribution in [3.8, 4) is 6.07 Å². The third-order valence-electron chi connectivity index (χ3n) is 2.38. The number of hydrogen-bond acceptors (Lipinski definition) is 6. The summed E-state index contributed by atoms with van der Waals surface area (Å²) in [5, 5.41) is 34.6. The normalized spacial score (nSPS) is 11.6. The van der Waals surface area contributed by atoms with Gasteiger partial charge in [0.05, 0.1) is 11.0 Å². The standard InChI is InChI=1S/C12H16N4O3/c1-9(17)8-14-4-5-15-11-2-3-12(16(18)19)10(6-11)7-13/h2-3,6,9,14-15,17H,4-5,8H2,1H3. The first-order valence-electron chi connectivity index (χ1n) is 5.85. The molecule has 1 atom stereocenters. The second kappa shape index (κ2) is 7.31. The summed E-state index contributed by atoms with van der Waals surface area (Å²) in [6.07, 6.45) is -0.399. The highest BCUT2D eigenvalue weighted by atomic mass is 16.6. The number of nitro benzene ring substituents is 1. The van der Waals surface area contributed by atoms with Crippen LogP contribution < -0.4 is 10.6 Å². The highest BCUT2D eigenvalue weighted by Crippen LogP contribution is 2.21. The summed E-state index contributed by atoms with van der Waals surface area (Å²) < 4.78 is 0. The summed E-state index contributed by atoms with van der Waals surface area (Å²) in [5.41, 5.74) is 0.494. The lowest BCUT2D eigenvalue weighted by atomic mass is 10.2. The summed E-state index contributed by atoms with van der Waals surface area (Å²) in [6, 6.07) is 6.13. The van der Waals surface area contributed by atoms with E-state index in [1.165, 1.54) is 12.1 Å². The average Bonchev–Trinajstić information content (AvgIpc) is 2.37. The molecule has 0 fully saturated rings. The molecule has 7 heteroatoms. The Bertz CT molecular complexity index is 482. The molecular formula is C12H16N4O3. The van der Waals surface area contributed by atoms with E-state index in [4.69, 9.17) is 10.4 Å². The number of aliphatic hydroxyl groups excluding tert-OH is 1. The Morgan fingerprint density at radius 1 is 1.53 bits per heavy atom. The second-order valence-electron chi connectivity index (χ2n) is 4.08. The Morgan fingerprint density at radius 3 is 2.84 bits per heavy atom. The van der Waals surface area contributed by atoms with Gasteiger partial charge in [-0.05, 0) is 19.1 Å². The van der Waals surface area contributed by atoms with Gasteiger partial charge in [0, 0.05) is 31.4 Å². The third-order valence-corrected chi connectivity index (χ3v) is 2.38. The predicted octanol–water partition coefficient (Wildman–Crippen LogP) is 0.849. The lowest BCUT2D eigenvalue weighted by Gasteiger charge is -2.09. The fourth-order valence-electron chi connectivity index (χ4n) is 1.50. The summed E-state index contributed by atoms with van der Waals surface area (Å²) in [7, 11) is 0. The van der Waals surface area contributed by atoms with Crippen molar-refractivity contribution < 1.29 is 10.0 Å². The topological polar surface area (TPSA) is 111 Å². The molecule has 19 heavy (non-hydrogen) atoms. The van der Waals surface area contributed by atoms with Gasteiger partial charge in [0.2, 0.25) is 0 Å². The molecule has 0 amide bonds. The van der Waals surface area contributed by atoms with Gasteiger partial charge in [0.15, 0.2) is 0 Å². The Kier molecular flexibility index (Phi) is 5.73. The Hall–Kier alpha value is -2.17. The third kappa shape index (κ3) is 4.91. The first-order chi connectivity index (χ1) is 9.04. The zero-order valence-corrected chi connectivity index (χ0v) is 10.6. The molecule has 0 saturated carbocycles. The van der Waals surface area contributed by atoms with E-state index in [0.717, 1.165) is 0 Å². The van der Waals surface area contributed by atoms with Crippen LogP contribution in [0.4, 0.5) is 11.4 Å². The van der Waals surface area contributed by atoms with Crippen LogP contribution in [0.2, 0.25) is 0 Å². The summed E-state index contributed by atoms with van der Waals surface area (Å²) in [5.74, 6) is 0. The van der Waals surface area contributed by atoms with Crippen LogP contribution in [0.3, 0.4) is 0 Å². The van der Waals surface area contributed by atoms with Crippen molar-refractivity contribution >= 4 is 11.4 Å². The molecule has 102 valence electrons. The molecule has 0 aliphatic rings. The molecule has 7 nitrogen and oxygen atoms in total. The Balaban J connectivity index is 2.52. The van der Waals surface area contributed by atoms with Gasteiger partial charge in [0.1, 0.15) is 11.6 Å². The maximum atomic E-state index is 10.7. The first-order valence-corrected chi connectivity index (χ1v) is 5.85. The van der Waals surface area contributed by atoms with Gasteiger partial charge in [-0.2, -0.15) is 5.26 Å². The van der Waals surface area contributed by atoms with Crippen molar-refractivity contribution in [2.24, 2.45) is 0 Å². The quantitative estimate of drug-likeness (QED) is 0.382. The van der Waals surface area contributed by atoms with Crippen molar-refractivity contribution in [2.75, 3.05) is 25.0 Å². The molecule has 0 aromatic heterocycles. The summed E-state index contributed by atoms with van der Waals surface area (Å²) in [6.45, 7) is 3.43. The van der Waals surface area contributed by atoms with Crippen molar-refractivity contribution in [1.82, 2.24) is 5.32 Å². The van der Waals surface area contributed by atoms with Gasteiger partial charge >= 0.3 is 0 Å². The number of hydrogen-bond donors (Lipinski definition) is 3. The van der Waals surface area contributed by atoms with Crippen LogP contribution in [-0.2, 0) is 0 Å². The summed E-state index contributed by atoms with van der Waals surface area (Å²) in [4.78, 5) is 10.1. The van der Waals surface area contributed by atoms with E-state index >= 15 is 0 Å². The molecule has 0 aliphatic heterocycles. The van der Waals surface area contributed by atoms with Gasteiger partial charge in [0.25, 0.3) is 5.69 Å². The molecule has 0 spiro atoms. The number of anilines is 1. The monoisotopic (exact) mass is 264 g/mol. The predicted molar refractivity (Wildman–Crippen MR) is 70.9 cm³/mol. The minimum atomic E-state index is -0.577. The lowest BCUT2D eigenvalue weighted by molar-refractivity contribution is -0.385. The number of aliphatic hydroxyl groups is 1.